The molecular weight excluding hydrogens is 248 g/mol. The highest BCUT2D eigenvalue weighted by atomic mass is 16.1. The lowest BCUT2D eigenvalue weighted by Crippen LogP contribution is -2.33. The number of hydrogen-bond donors (Lipinski definition) is 2. The predicted octanol–water partition coefficient (Wildman–Crippen LogP) is 3.04. The molecule has 1 amide bonds. The molecule has 0 radical (unpaired) electrons. The maximum absolute atomic E-state index is 10.7. The minimum atomic E-state index is -0.199. The fourth-order valence-electron chi connectivity index (χ4n) is 3.13. The maximum atomic E-state index is 10.7. The average Bonchev–Trinajstić information content (AvgIpc) is 2.41. The molecule has 1 unspecified atom stereocenters. The summed E-state index contributed by atoms with van der Waals surface area (Å²) in [5.41, 5.74) is 8.35. The third-order valence-corrected chi connectivity index (χ3v) is 4.36. The first kappa shape index (κ1) is 15.0. The van der Waals surface area contributed by atoms with E-state index >= 15 is 0 Å². The highest BCUT2D eigenvalue weighted by molar-refractivity contribution is 5.73. The Labute approximate surface area is 121 Å². The Balaban J connectivity index is 1.92. The van der Waals surface area contributed by atoms with Gasteiger partial charge in [0.15, 0.2) is 0 Å². The summed E-state index contributed by atoms with van der Waals surface area (Å²) >= 11 is 0. The van der Waals surface area contributed by atoms with Gasteiger partial charge in [-0.15, -0.1) is 0 Å². The lowest BCUT2D eigenvalue weighted by Gasteiger charge is -2.37. The van der Waals surface area contributed by atoms with Gasteiger partial charge in [0.1, 0.15) is 0 Å². The largest absolute Gasteiger partial charge is 0.370 e. The Morgan fingerprint density at radius 1 is 1.35 bits per heavy atom. The van der Waals surface area contributed by atoms with Crippen LogP contribution in [0.4, 0.5) is 0 Å². The van der Waals surface area contributed by atoms with E-state index in [2.05, 4.69) is 43.4 Å². The number of hydrogen-bond acceptors (Lipinski definition) is 2. The zero-order valence-corrected chi connectivity index (χ0v) is 12.6. The van der Waals surface area contributed by atoms with Crippen molar-refractivity contribution in [2.75, 3.05) is 6.54 Å². The van der Waals surface area contributed by atoms with E-state index in [0.29, 0.717) is 12.5 Å². The second kappa shape index (κ2) is 6.40. The van der Waals surface area contributed by atoms with Crippen LogP contribution in [0.25, 0.3) is 0 Å². The third kappa shape index (κ3) is 3.60. The van der Waals surface area contributed by atoms with Crippen molar-refractivity contribution < 1.29 is 4.79 Å². The molecule has 1 aromatic rings. The van der Waals surface area contributed by atoms with Gasteiger partial charge >= 0.3 is 0 Å². The van der Waals surface area contributed by atoms with Crippen LogP contribution in [0, 0.1) is 0 Å². The summed E-state index contributed by atoms with van der Waals surface area (Å²) in [6.07, 6.45) is 4.77. The summed E-state index contributed by atoms with van der Waals surface area (Å²) < 4.78 is 0. The van der Waals surface area contributed by atoms with Crippen LogP contribution in [0.1, 0.15) is 63.1 Å². The third-order valence-electron chi connectivity index (χ3n) is 4.36. The van der Waals surface area contributed by atoms with Gasteiger partial charge in [0.05, 0.1) is 0 Å². The average molecular weight is 274 g/mol. The van der Waals surface area contributed by atoms with Crippen LogP contribution < -0.4 is 11.1 Å². The first-order chi connectivity index (χ1) is 9.50. The zero-order chi connectivity index (χ0) is 14.6. The number of nitrogens with one attached hydrogen (secondary N) is 1. The van der Waals surface area contributed by atoms with E-state index in [1.165, 1.54) is 24.0 Å². The number of unbranched alkanes of at least 4 members (excludes halogenated alkanes) is 1. The van der Waals surface area contributed by atoms with Crippen LogP contribution in [0.15, 0.2) is 24.3 Å². The highest BCUT2D eigenvalue weighted by Gasteiger charge is 2.31. The van der Waals surface area contributed by atoms with Gasteiger partial charge in [-0.25, -0.2) is 0 Å². The van der Waals surface area contributed by atoms with Crippen LogP contribution in [-0.2, 0) is 10.2 Å². The summed E-state index contributed by atoms with van der Waals surface area (Å²) in [5.74, 6) is -0.199. The summed E-state index contributed by atoms with van der Waals surface area (Å²) in [7, 11) is 0. The summed E-state index contributed by atoms with van der Waals surface area (Å²) in [4.78, 5) is 10.7. The van der Waals surface area contributed by atoms with Gasteiger partial charge in [0, 0.05) is 12.5 Å². The standard InChI is InChI=1S/C17H26N2O/c1-17(2)11-10-15(13-7-3-4-8-14(13)17)19-12-6-5-9-16(18)20/h3-4,7-8,15,19H,5-6,9-12H2,1-2H3,(H2,18,20). The van der Waals surface area contributed by atoms with E-state index in [1.54, 1.807) is 0 Å². The number of fused-ring (bicyclic) bond motifs is 1. The van der Waals surface area contributed by atoms with Gasteiger partial charge < -0.3 is 11.1 Å². The quantitative estimate of drug-likeness (QED) is 0.783. The molecule has 2 rings (SSSR count). The van der Waals surface area contributed by atoms with Crippen LogP contribution >= 0.6 is 0 Å². The van der Waals surface area contributed by atoms with E-state index in [9.17, 15) is 4.79 Å². The minimum absolute atomic E-state index is 0.199. The first-order valence-electron chi connectivity index (χ1n) is 7.62. The van der Waals surface area contributed by atoms with Gasteiger partial charge in [-0.1, -0.05) is 38.1 Å². The molecular formula is C17H26N2O. The van der Waals surface area contributed by atoms with Gasteiger partial charge in [-0.2, -0.15) is 0 Å². The normalized spacial score (nSPS) is 20.4. The van der Waals surface area contributed by atoms with Gasteiger partial charge in [0.2, 0.25) is 5.91 Å². The Hall–Kier alpha value is -1.35. The molecule has 0 saturated heterocycles. The van der Waals surface area contributed by atoms with Crippen molar-refractivity contribution in [3.05, 3.63) is 35.4 Å². The predicted molar refractivity (Wildman–Crippen MR) is 82.5 cm³/mol. The molecule has 3 N–H and O–H groups in total. The topological polar surface area (TPSA) is 55.1 Å². The number of carbonyl (C=O) groups excluding carboxylic acids is 1. The second-order valence-corrected chi connectivity index (χ2v) is 6.44. The molecule has 3 heteroatoms. The second-order valence-electron chi connectivity index (χ2n) is 6.44. The number of carbonyl (C=O) groups is 1. The fourth-order valence-corrected chi connectivity index (χ4v) is 3.13. The Kier molecular flexibility index (Phi) is 4.81. The van der Waals surface area contributed by atoms with Crippen LogP contribution in [0.5, 0.6) is 0 Å². The number of primary amides is 1. The number of amides is 1. The molecule has 0 heterocycles. The lowest BCUT2D eigenvalue weighted by molar-refractivity contribution is -0.118. The van der Waals surface area contributed by atoms with Gasteiger partial charge in [-0.05, 0) is 48.8 Å². The van der Waals surface area contributed by atoms with Crippen molar-refractivity contribution in [2.45, 2.75) is 57.4 Å². The number of benzene rings is 1. The first-order valence-corrected chi connectivity index (χ1v) is 7.62. The van der Waals surface area contributed by atoms with Crippen molar-refractivity contribution in [2.24, 2.45) is 5.73 Å². The smallest absolute Gasteiger partial charge is 0.217 e. The Morgan fingerprint density at radius 2 is 2.10 bits per heavy atom. The van der Waals surface area contributed by atoms with E-state index in [4.69, 9.17) is 5.73 Å². The summed E-state index contributed by atoms with van der Waals surface area (Å²) in [6, 6.07) is 9.22. The van der Waals surface area contributed by atoms with E-state index < -0.39 is 0 Å². The molecule has 3 nitrogen and oxygen atoms in total. The molecule has 1 aliphatic rings. The van der Waals surface area contributed by atoms with Gasteiger partial charge in [0.25, 0.3) is 0 Å². The van der Waals surface area contributed by atoms with Crippen molar-refractivity contribution in [1.29, 1.82) is 0 Å². The molecule has 1 aromatic carbocycles. The van der Waals surface area contributed by atoms with E-state index in [-0.39, 0.29) is 11.3 Å². The Bertz CT molecular complexity index is 468. The monoisotopic (exact) mass is 274 g/mol. The zero-order valence-electron chi connectivity index (χ0n) is 12.6. The molecule has 1 atom stereocenters. The molecule has 0 saturated carbocycles. The van der Waals surface area contributed by atoms with E-state index in [0.717, 1.165) is 19.4 Å². The van der Waals surface area contributed by atoms with Crippen LogP contribution in [-0.4, -0.2) is 12.5 Å². The molecule has 0 fully saturated rings. The molecule has 1 aliphatic carbocycles. The minimum Gasteiger partial charge on any atom is -0.370 e. The highest BCUT2D eigenvalue weighted by Crippen LogP contribution is 2.41. The number of nitrogens with two attached hydrogens (primary N) is 1. The molecule has 0 aromatic heterocycles. The maximum Gasteiger partial charge on any atom is 0.217 e. The van der Waals surface area contributed by atoms with Crippen LogP contribution in [0.2, 0.25) is 0 Å². The molecule has 110 valence electrons. The summed E-state index contributed by atoms with van der Waals surface area (Å²) in [6.45, 7) is 5.61. The van der Waals surface area contributed by atoms with Crippen LogP contribution in [0.3, 0.4) is 0 Å². The molecule has 0 bridgehead atoms. The van der Waals surface area contributed by atoms with Gasteiger partial charge in [-0.3, -0.25) is 4.79 Å². The Morgan fingerprint density at radius 3 is 2.85 bits per heavy atom. The SMILES string of the molecule is CC1(C)CCC(NCCCCC(N)=O)c2ccccc21. The molecule has 20 heavy (non-hydrogen) atoms. The number of rotatable bonds is 6. The van der Waals surface area contributed by atoms with E-state index in [1.807, 2.05) is 0 Å². The van der Waals surface area contributed by atoms with Crippen molar-refractivity contribution in [1.82, 2.24) is 5.32 Å². The van der Waals surface area contributed by atoms with Crippen molar-refractivity contribution in [3.63, 3.8) is 0 Å². The van der Waals surface area contributed by atoms with Crippen molar-refractivity contribution in [3.8, 4) is 0 Å². The molecule has 0 aliphatic heterocycles. The fraction of sp³-hybridized carbons (Fsp3) is 0.588. The molecule has 0 spiro atoms. The summed E-state index contributed by atoms with van der Waals surface area (Å²) in [5, 5.41) is 3.64. The van der Waals surface area contributed by atoms with Crippen molar-refractivity contribution >= 4 is 5.91 Å². The lowest BCUT2D eigenvalue weighted by atomic mass is 9.71.